The molecule has 0 heterocycles. The Kier molecular flexibility index (Phi) is 6.59. The van der Waals surface area contributed by atoms with Gasteiger partial charge in [-0.2, -0.15) is 0 Å². The molecule has 1 atom stereocenters. The first-order valence-corrected chi connectivity index (χ1v) is 9.04. The van der Waals surface area contributed by atoms with E-state index in [2.05, 4.69) is 33.2 Å². The predicted molar refractivity (Wildman–Crippen MR) is 105 cm³/mol. The lowest BCUT2D eigenvalue weighted by Gasteiger charge is -2.26. The lowest BCUT2D eigenvalue weighted by atomic mass is 10.1. The highest BCUT2D eigenvalue weighted by molar-refractivity contribution is 14.1. The number of halogens is 5. The summed E-state index contributed by atoms with van der Waals surface area (Å²) in [5, 5.41) is 5.21. The summed E-state index contributed by atoms with van der Waals surface area (Å²) < 4.78 is 13.0. The first kappa shape index (κ1) is 19.6. The minimum absolute atomic E-state index is 0.357. The summed E-state index contributed by atoms with van der Waals surface area (Å²) in [6, 6.07) is 10.0. The zero-order chi connectivity index (χ0) is 17.9. The third-order valence-electron chi connectivity index (χ3n) is 3.23. The van der Waals surface area contributed by atoms with Crippen LogP contribution in [0.1, 0.15) is 17.2 Å². The summed E-state index contributed by atoms with van der Waals surface area (Å²) in [5.41, 5.74) is 1.41. The van der Waals surface area contributed by atoms with Crippen molar-refractivity contribution < 1.29 is 9.18 Å². The van der Waals surface area contributed by atoms with Crippen LogP contribution in [0.3, 0.4) is 0 Å². The van der Waals surface area contributed by atoms with Gasteiger partial charge in [-0.05, 0) is 71.0 Å². The zero-order valence-corrected chi connectivity index (χ0v) is 16.8. The van der Waals surface area contributed by atoms with Crippen molar-refractivity contribution in [1.82, 2.24) is 5.32 Å². The van der Waals surface area contributed by atoms with E-state index in [0.717, 1.165) is 3.57 Å². The van der Waals surface area contributed by atoms with E-state index in [9.17, 15) is 9.18 Å². The zero-order valence-electron chi connectivity index (χ0n) is 12.4. The lowest BCUT2D eigenvalue weighted by Crippen LogP contribution is -2.39. The molecule has 2 amide bonds. The molecule has 24 heavy (non-hydrogen) atoms. The largest absolute Gasteiger partial charge is 0.327 e. The number of rotatable bonds is 3. The molecule has 0 spiro atoms. The maximum atomic E-state index is 13.8. The van der Waals surface area contributed by atoms with Crippen LogP contribution < -0.4 is 10.6 Å². The van der Waals surface area contributed by atoms with Gasteiger partial charge in [0.1, 0.15) is 11.9 Å². The Morgan fingerprint density at radius 2 is 1.79 bits per heavy atom. The van der Waals surface area contributed by atoms with Crippen molar-refractivity contribution in [2.75, 3.05) is 5.32 Å². The number of urea groups is 1. The fraction of sp³-hybridized carbons (Fsp3) is 0.188. The van der Waals surface area contributed by atoms with Gasteiger partial charge in [-0.1, -0.05) is 46.9 Å². The third kappa shape index (κ3) is 5.37. The third-order valence-corrected chi connectivity index (χ3v) is 4.61. The summed E-state index contributed by atoms with van der Waals surface area (Å²) >= 11 is 20.0. The topological polar surface area (TPSA) is 41.1 Å². The second kappa shape index (κ2) is 8.08. The molecule has 0 unspecified atom stereocenters. The monoisotopic (exact) mass is 500 g/mol. The van der Waals surface area contributed by atoms with Crippen LogP contribution in [0.25, 0.3) is 0 Å². The Labute approximate surface area is 168 Å². The van der Waals surface area contributed by atoms with E-state index in [0.29, 0.717) is 16.8 Å². The van der Waals surface area contributed by atoms with Gasteiger partial charge in [-0.15, -0.1) is 0 Å². The molecule has 0 saturated carbocycles. The van der Waals surface area contributed by atoms with Crippen LogP contribution >= 0.6 is 57.4 Å². The average Bonchev–Trinajstić information content (AvgIpc) is 2.49. The summed E-state index contributed by atoms with van der Waals surface area (Å²) in [6.45, 7) is 1.63. The van der Waals surface area contributed by atoms with Crippen LogP contribution in [0.15, 0.2) is 42.5 Å². The van der Waals surface area contributed by atoms with Gasteiger partial charge in [0.05, 0.1) is 0 Å². The minimum atomic E-state index is -1.84. The SMILES string of the molecule is Cc1ccc([C@@H](NC(=O)Nc2ccc(I)cc2)C(Cl)(Cl)Cl)cc1F. The molecule has 2 rings (SSSR count). The van der Waals surface area contributed by atoms with Crippen molar-refractivity contribution >= 4 is 69.1 Å². The van der Waals surface area contributed by atoms with Crippen molar-refractivity contribution in [2.24, 2.45) is 0 Å². The lowest BCUT2D eigenvalue weighted by molar-refractivity contribution is 0.248. The van der Waals surface area contributed by atoms with Crippen LogP contribution in [0, 0.1) is 16.3 Å². The van der Waals surface area contributed by atoms with Crippen molar-refractivity contribution in [3.8, 4) is 0 Å². The van der Waals surface area contributed by atoms with Crippen molar-refractivity contribution in [3.63, 3.8) is 0 Å². The number of benzene rings is 2. The van der Waals surface area contributed by atoms with E-state index in [1.807, 2.05) is 12.1 Å². The smallest absolute Gasteiger partial charge is 0.319 e. The number of nitrogens with one attached hydrogen (secondary N) is 2. The van der Waals surface area contributed by atoms with Crippen LogP contribution in [-0.4, -0.2) is 9.82 Å². The van der Waals surface area contributed by atoms with Crippen molar-refractivity contribution in [3.05, 3.63) is 63.0 Å². The van der Waals surface area contributed by atoms with Gasteiger partial charge in [0.2, 0.25) is 3.79 Å². The maximum absolute atomic E-state index is 13.8. The number of hydrogen-bond donors (Lipinski definition) is 2. The van der Waals surface area contributed by atoms with Gasteiger partial charge in [0.25, 0.3) is 0 Å². The molecule has 0 radical (unpaired) electrons. The van der Waals surface area contributed by atoms with Gasteiger partial charge in [-0.25, -0.2) is 9.18 Å². The van der Waals surface area contributed by atoms with Crippen LogP contribution in [-0.2, 0) is 0 Å². The van der Waals surface area contributed by atoms with E-state index >= 15 is 0 Å². The molecule has 2 N–H and O–H groups in total. The quantitative estimate of drug-likeness (QED) is 0.395. The molecular weight excluding hydrogens is 488 g/mol. The summed E-state index contributed by atoms with van der Waals surface area (Å²) in [6.07, 6.45) is 0. The standard InChI is InChI=1S/C16H13Cl3FIN2O/c1-9-2-3-10(8-13(9)20)14(16(17,18)19)23-15(24)22-12-6-4-11(21)5-7-12/h2-8,14H,1H3,(H2,22,23,24)/t14-/m1/s1. The highest BCUT2D eigenvalue weighted by Gasteiger charge is 2.35. The van der Waals surface area contributed by atoms with E-state index in [-0.39, 0.29) is 0 Å². The van der Waals surface area contributed by atoms with E-state index in [4.69, 9.17) is 34.8 Å². The Morgan fingerprint density at radius 3 is 2.33 bits per heavy atom. The minimum Gasteiger partial charge on any atom is -0.327 e. The molecule has 2 aromatic rings. The molecule has 0 aliphatic rings. The number of hydrogen-bond acceptors (Lipinski definition) is 1. The van der Waals surface area contributed by atoms with E-state index in [1.165, 1.54) is 6.07 Å². The number of alkyl halides is 3. The maximum Gasteiger partial charge on any atom is 0.319 e. The first-order chi connectivity index (χ1) is 11.2. The molecule has 128 valence electrons. The van der Waals surface area contributed by atoms with Crippen molar-refractivity contribution in [1.29, 1.82) is 0 Å². The number of anilines is 1. The van der Waals surface area contributed by atoms with Crippen LogP contribution in [0.5, 0.6) is 0 Å². The molecule has 0 bridgehead atoms. The summed E-state index contributed by atoms with van der Waals surface area (Å²) in [4.78, 5) is 12.2. The Hall–Kier alpha value is -0.760. The highest BCUT2D eigenvalue weighted by atomic mass is 127. The molecule has 0 fully saturated rings. The second-order valence-corrected chi connectivity index (χ2v) is 8.70. The van der Waals surface area contributed by atoms with Gasteiger partial charge < -0.3 is 10.6 Å². The van der Waals surface area contributed by atoms with E-state index in [1.54, 1.807) is 31.2 Å². The van der Waals surface area contributed by atoms with Crippen LogP contribution in [0.2, 0.25) is 0 Å². The normalized spacial score (nSPS) is 12.6. The van der Waals surface area contributed by atoms with Gasteiger partial charge >= 0.3 is 6.03 Å². The van der Waals surface area contributed by atoms with E-state index < -0.39 is 21.7 Å². The second-order valence-electron chi connectivity index (χ2n) is 5.09. The average molecular weight is 502 g/mol. The first-order valence-electron chi connectivity index (χ1n) is 6.82. The van der Waals surface area contributed by atoms with Gasteiger partial charge in [-0.3, -0.25) is 0 Å². The Balaban J connectivity index is 2.18. The fourth-order valence-corrected chi connectivity index (χ4v) is 2.88. The number of amides is 2. The molecule has 0 aliphatic heterocycles. The van der Waals surface area contributed by atoms with Gasteiger partial charge in [0.15, 0.2) is 0 Å². The molecule has 0 saturated heterocycles. The van der Waals surface area contributed by atoms with Crippen molar-refractivity contribution in [2.45, 2.75) is 16.8 Å². The van der Waals surface area contributed by atoms with Gasteiger partial charge in [0, 0.05) is 9.26 Å². The number of carbonyl (C=O) groups is 1. The Bertz CT molecular complexity index is 735. The number of carbonyl (C=O) groups excluding carboxylic acids is 1. The molecular formula is C16H13Cl3FIN2O. The molecule has 3 nitrogen and oxygen atoms in total. The molecule has 8 heteroatoms. The highest BCUT2D eigenvalue weighted by Crippen LogP contribution is 2.40. The molecule has 0 aromatic heterocycles. The number of aryl methyl sites for hydroxylation is 1. The predicted octanol–water partition coefficient (Wildman–Crippen LogP) is 5.97. The van der Waals surface area contributed by atoms with Crippen LogP contribution in [0.4, 0.5) is 14.9 Å². The summed E-state index contributed by atoms with van der Waals surface area (Å²) in [5.74, 6) is -0.438. The fourth-order valence-electron chi connectivity index (χ4n) is 1.97. The molecule has 0 aliphatic carbocycles. The molecule has 2 aromatic carbocycles. The Morgan fingerprint density at radius 1 is 1.17 bits per heavy atom. The summed E-state index contributed by atoms with van der Waals surface area (Å²) in [7, 11) is 0.